The molecule has 0 amide bonds. The molecule has 3 nitrogen and oxygen atoms in total. The molecule has 3 heterocycles. The maximum Gasteiger partial charge on any atom is 0.285 e. The zero-order chi connectivity index (χ0) is 10.9. The Morgan fingerprint density at radius 3 is 2.13 bits per heavy atom. The van der Waals surface area contributed by atoms with Crippen LogP contribution in [0.1, 0.15) is 40.0 Å². The first-order valence-electron chi connectivity index (χ1n) is 6.02. The smallest absolute Gasteiger partial charge is 0.285 e. The normalized spacial score (nSPS) is 41.8. The Morgan fingerprint density at radius 1 is 1.13 bits per heavy atom. The molecule has 1 atom stereocenters. The summed E-state index contributed by atoms with van der Waals surface area (Å²) in [4.78, 5) is 0. The van der Waals surface area contributed by atoms with Crippen molar-refractivity contribution >= 4 is 0 Å². The van der Waals surface area contributed by atoms with Gasteiger partial charge in [0, 0.05) is 11.3 Å². The predicted molar refractivity (Wildman–Crippen MR) is 57.4 cm³/mol. The van der Waals surface area contributed by atoms with Crippen LogP contribution in [0.3, 0.4) is 0 Å². The van der Waals surface area contributed by atoms with Crippen LogP contribution in [0.15, 0.2) is 0 Å². The second-order valence-corrected chi connectivity index (χ2v) is 5.32. The molecule has 2 bridgehead atoms. The molecule has 3 heteroatoms. The van der Waals surface area contributed by atoms with Crippen molar-refractivity contribution in [2.24, 2.45) is 11.3 Å². The van der Waals surface area contributed by atoms with Gasteiger partial charge in [0.25, 0.3) is 5.97 Å². The second-order valence-electron chi connectivity index (χ2n) is 5.32. The van der Waals surface area contributed by atoms with Crippen molar-refractivity contribution < 1.29 is 14.2 Å². The van der Waals surface area contributed by atoms with Gasteiger partial charge in [0.2, 0.25) is 0 Å². The molecule has 0 aromatic rings. The molecule has 3 aliphatic heterocycles. The van der Waals surface area contributed by atoms with E-state index in [4.69, 9.17) is 14.2 Å². The van der Waals surface area contributed by atoms with Gasteiger partial charge >= 0.3 is 0 Å². The Hall–Kier alpha value is -0.120. The highest BCUT2D eigenvalue weighted by molar-refractivity contribution is 4.86. The third-order valence-electron chi connectivity index (χ3n) is 3.46. The lowest BCUT2D eigenvalue weighted by Crippen LogP contribution is -2.61. The van der Waals surface area contributed by atoms with Crippen LogP contribution in [0, 0.1) is 11.3 Å². The number of fused-ring (bicyclic) bond motifs is 3. The first-order valence-corrected chi connectivity index (χ1v) is 6.02. The van der Waals surface area contributed by atoms with E-state index < -0.39 is 5.97 Å². The van der Waals surface area contributed by atoms with E-state index in [0.29, 0.717) is 5.92 Å². The summed E-state index contributed by atoms with van der Waals surface area (Å²) >= 11 is 0. The molecule has 15 heavy (non-hydrogen) atoms. The highest BCUT2D eigenvalue weighted by atomic mass is 16.9. The fraction of sp³-hybridized carbons (Fsp3) is 1.00. The van der Waals surface area contributed by atoms with Gasteiger partial charge in [-0.05, 0) is 6.42 Å². The summed E-state index contributed by atoms with van der Waals surface area (Å²) in [6, 6.07) is 0. The van der Waals surface area contributed by atoms with Crippen LogP contribution in [-0.4, -0.2) is 25.8 Å². The molecule has 0 radical (unpaired) electrons. The lowest BCUT2D eigenvalue weighted by molar-refractivity contribution is -0.482. The maximum absolute atomic E-state index is 5.78. The highest BCUT2D eigenvalue weighted by Crippen LogP contribution is 2.43. The van der Waals surface area contributed by atoms with Gasteiger partial charge in [0.1, 0.15) is 0 Å². The molecule has 0 aromatic heterocycles. The van der Waals surface area contributed by atoms with Gasteiger partial charge in [0.05, 0.1) is 19.8 Å². The third kappa shape index (κ3) is 2.05. The van der Waals surface area contributed by atoms with Crippen molar-refractivity contribution in [2.75, 3.05) is 19.8 Å². The molecule has 0 N–H and O–H groups in total. The van der Waals surface area contributed by atoms with Crippen LogP contribution in [-0.2, 0) is 14.2 Å². The predicted octanol–water partition coefficient (Wildman–Crippen LogP) is 2.55. The van der Waals surface area contributed by atoms with Crippen LogP contribution in [0.25, 0.3) is 0 Å². The quantitative estimate of drug-likeness (QED) is 0.719. The molecule has 3 fully saturated rings. The van der Waals surface area contributed by atoms with E-state index in [1.165, 1.54) is 12.8 Å². The van der Waals surface area contributed by atoms with Crippen LogP contribution in [0.5, 0.6) is 0 Å². The molecule has 1 unspecified atom stereocenters. The van der Waals surface area contributed by atoms with Gasteiger partial charge in [-0.1, -0.05) is 33.6 Å². The Labute approximate surface area is 92.1 Å². The average molecular weight is 214 g/mol. The molecule has 3 rings (SSSR count). The summed E-state index contributed by atoms with van der Waals surface area (Å²) in [6.45, 7) is 8.80. The number of hydrogen-bond acceptors (Lipinski definition) is 3. The van der Waals surface area contributed by atoms with Crippen LogP contribution >= 0.6 is 0 Å². The van der Waals surface area contributed by atoms with Crippen molar-refractivity contribution in [3.8, 4) is 0 Å². The van der Waals surface area contributed by atoms with Gasteiger partial charge in [0.15, 0.2) is 0 Å². The van der Waals surface area contributed by atoms with Crippen molar-refractivity contribution in [3.05, 3.63) is 0 Å². The second kappa shape index (κ2) is 4.04. The Balaban J connectivity index is 1.96. The van der Waals surface area contributed by atoms with Gasteiger partial charge in [-0.3, -0.25) is 0 Å². The molecule has 0 aromatic carbocycles. The molecule has 3 saturated heterocycles. The summed E-state index contributed by atoms with van der Waals surface area (Å²) in [5.41, 5.74) is 0.0756. The topological polar surface area (TPSA) is 27.7 Å². The maximum atomic E-state index is 5.78. The Morgan fingerprint density at radius 2 is 1.67 bits per heavy atom. The van der Waals surface area contributed by atoms with E-state index >= 15 is 0 Å². The Bertz CT molecular complexity index is 202. The number of hydrogen-bond donors (Lipinski definition) is 0. The molecular formula is C12H22O3. The van der Waals surface area contributed by atoms with Gasteiger partial charge in [-0.15, -0.1) is 0 Å². The Kier molecular flexibility index (Phi) is 3.06. The largest absolute Gasteiger partial charge is 0.326 e. The minimum absolute atomic E-state index is 0.0756. The van der Waals surface area contributed by atoms with E-state index in [9.17, 15) is 0 Å². The average Bonchev–Trinajstić information content (AvgIpc) is 2.27. The summed E-state index contributed by atoms with van der Waals surface area (Å²) in [6.07, 6.45) is 3.52. The molecule has 3 aliphatic rings. The minimum Gasteiger partial charge on any atom is -0.326 e. The highest BCUT2D eigenvalue weighted by Gasteiger charge is 2.52. The lowest BCUT2D eigenvalue weighted by atomic mass is 9.89. The summed E-state index contributed by atoms with van der Waals surface area (Å²) < 4.78 is 17.3. The minimum atomic E-state index is -0.729. The van der Waals surface area contributed by atoms with Crippen LogP contribution in [0.2, 0.25) is 0 Å². The van der Waals surface area contributed by atoms with Crippen molar-refractivity contribution in [1.82, 2.24) is 0 Å². The SMILES string of the molecule is CCCCC(C)C12OCC(C)(CO1)CO2. The lowest BCUT2D eigenvalue weighted by Gasteiger charge is -2.52. The van der Waals surface area contributed by atoms with Gasteiger partial charge in [-0.2, -0.15) is 0 Å². The summed E-state index contributed by atoms with van der Waals surface area (Å²) in [5, 5.41) is 0. The van der Waals surface area contributed by atoms with Crippen molar-refractivity contribution in [1.29, 1.82) is 0 Å². The summed E-state index contributed by atoms with van der Waals surface area (Å²) in [7, 11) is 0. The van der Waals surface area contributed by atoms with E-state index in [2.05, 4.69) is 20.8 Å². The number of rotatable bonds is 4. The molecule has 88 valence electrons. The van der Waals surface area contributed by atoms with E-state index in [0.717, 1.165) is 26.2 Å². The molecule has 0 aliphatic carbocycles. The number of unbranched alkanes of at least 4 members (excludes halogenated alkanes) is 1. The molecule has 0 saturated carbocycles. The monoisotopic (exact) mass is 214 g/mol. The zero-order valence-corrected chi connectivity index (χ0v) is 10.0. The standard InChI is InChI=1S/C12H22O3/c1-4-5-6-10(2)12-13-7-11(3,8-14-12)9-15-12/h10H,4-9H2,1-3H3. The molecular weight excluding hydrogens is 192 g/mol. The van der Waals surface area contributed by atoms with Crippen molar-refractivity contribution in [3.63, 3.8) is 0 Å². The van der Waals surface area contributed by atoms with Crippen molar-refractivity contribution in [2.45, 2.75) is 46.0 Å². The zero-order valence-electron chi connectivity index (χ0n) is 10.0. The van der Waals surface area contributed by atoms with E-state index in [1.54, 1.807) is 0 Å². The first kappa shape index (κ1) is 11.4. The first-order chi connectivity index (χ1) is 7.10. The van der Waals surface area contributed by atoms with Gasteiger partial charge < -0.3 is 14.2 Å². The number of ether oxygens (including phenoxy) is 3. The van der Waals surface area contributed by atoms with Crippen LogP contribution in [0.4, 0.5) is 0 Å². The van der Waals surface area contributed by atoms with E-state index in [1.807, 2.05) is 0 Å². The summed E-state index contributed by atoms with van der Waals surface area (Å²) in [5.74, 6) is -0.408. The molecule has 0 spiro atoms. The third-order valence-corrected chi connectivity index (χ3v) is 3.46. The fourth-order valence-electron chi connectivity index (χ4n) is 2.19. The van der Waals surface area contributed by atoms with Crippen LogP contribution < -0.4 is 0 Å². The van der Waals surface area contributed by atoms with Gasteiger partial charge in [-0.25, -0.2) is 0 Å². The fourth-order valence-corrected chi connectivity index (χ4v) is 2.19. The van der Waals surface area contributed by atoms with E-state index in [-0.39, 0.29) is 5.41 Å².